The van der Waals surface area contributed by atoms with E-state index in [4.69, 9.17) is 10.1 Å². The molecule has 136 valence electrons. The van der Waals surface area contributed by atoms with Gasteiger partial charge in [0, 0.05) is 5.69 Å². The van der Waals surface area contributed by atoms with Crippen molar-refractivity contribution < 1.29 is 0 Å². The number of anilines is 2. The molecule has 0 aliphatic carbocycles. The SMILES string of the molecule is Cc1cccc(N2Cc3nc(CN(C)C)nn3-c3ccccc32)c1C.Cl. The first-order valence-electron chi connectivity index (χ1n) is 8.57. The van der Waals surface area contributed by atoms with Gasteiger partial charge in [0.25, 0.3) is 0 Å². The molecule has 0 atom stereocenters. The Bertz CT molecular complexity index is 932. The van der Waals surface area contributed by atoms with Crippen molar-refractivity contribution >= 4 is 23.8 Å². The summed E-state index contributed by atoms with van der Waals surface area (Å²) in [5.41, 5.74) is 6.09. The number of fused-ring (bicyclic) bond motifs is 3. The predicted molar refractivity (Wildman–Crippen MR) is 108 cm³/mol. The molecule has 5 nitrogen and oxygen atoms in total. The molecule has 1 aliphatic rings. The molecule has 4 rings (SSSR count). The first-order chi connectivity index (χ1) is 12.0. The zero-order valence-electron chi connectivity index (χ0n) is 15.6. The summed E-state index contributed by atoms with van der Waals surface area (Å²) in [5.74, 6) is 1.84. The molecule has 2 aromatic carbocycles. The molecule has 0 spiro atoms. The largest absolute Gasteiger partial charge is 0.332 e. The Morgan fingerprint density at radius 1 is 0.962 bits per heavy atom. The number of benzene rings is 2. The Kier molecular flexibility index (Phi) is 5.03. The minimum atomic E-state index is 0. The lowest BCUT2D eigenvalue weighted by molar-refractivity contribution is 0.390. The first-order valence-corrected chi connectivity index (χ1v) is 8.57. The highest BCUT2D eigenvalue weighted by molar-refractivity contribution is 5.85. The van der Waals surface area contributed by atoms with E-state index >= 15 is 0 Å². The highest BCUT2D eigenvalue weighted by Crippen LogP contribution is 2.38. The fraction of sp³-hybridized carbons (Fsp3) is 0.300. The highest BCUT2D eigenvalue weighted by atomic mass is 35.5. The fourth-order valence-corrected chi connectivity index (χ4v) is 3.38. The second-order valence-corrected chi connectivity index (χ2v) is 6.89. The third-order valence-corrected chi connectivity index (χ3v) is 4.74. The first kappa shape index (κ1) is 18.4. The van der Waals surface area contributed by atoms with Crippen LogP contribution in [0.1, 0.15) is 22.8 Å². The van der Waals surface area contributed by atoms with Gasteiger partial charge in [0.05, 0.1) is 24.5 Å². The number of aryl methyl sites for hydroxylation is 1. The third-order valence-electron chi connectivity index (χ3n) is 4.74. The maximum atomic E-state index is 4.79. The molecule has 0 N–H and O–H groups in total. The average Bonchev–Trinajstić information content (AvgIpc) is 2.98. The lowest BCUT2D eigenvalue weighted by atomic mass is 10.1. The Morgan fingerprint density at radius 2 is 1.65 bits per heavy atom. The number of aromatic nitrogens is 3. The van der Waals surface area contributed by atoms with E-state index < -0.39 is 0 Å². The van der Waals surface area contributed by atoms with E-state index in [1.165, 1.54) is 22.5 Å². The lowest BCUT2D eigenvalue weighted by Gasteiger charge is -2.32. The van der Waals surface area contributed by atoms with Crippen molar-refractivity contribution in [2.45, 2.75) is 26.9 Å². The summed E-state index contributed by atoms with van der Waals surface area (Å²) in [5, 5.41) is 4.74. The van der Waals surface area contributed by atoms with Crippen LogP contribution >= 0.6 is 12.4 Å². The van der Waals surface area contributed by atoms with Gasteiger partial charge in [0.15, 0.2) is 11.6 Å². The number of nitrogens with zero attached hydrogens (tertiary/aromatic N) is 5. The second kappa shape index (κ2) is 7.09. The molecule has 0 unspecified atom stereocenters. The Hall–Kier alpha value is -2.37. The van der Waals surface area contributed by atoms with Gasteiger partial charge in [0.1, 0.15) is 0 Å². The maximum Gasteiger partial charge on any atom is 0.165 e. The van der Waals surface area contributed by atoms with E-state index in [-0.39, 0.29) is 12.4 Å². The number of halogens is 1. The van der Waals surface area contributed by atoms with E-state index in [0.717, 1.165) is 30.4 Å². The molecule has 1 aromatic heterocycles. The van der Waals surface area contributed by atoms with Crippen LogP contribution in [-0.4, -0.2) is 33.8 Å². The van der Waals surface area contributed by atoms with Crippen molar-refractivity contribution in [3.63, 3.8) is 0 Å². The van der Waals surface area contributed by atoms with Gasteiger partial charge in [-0.1, -0.05) is 24.3 Å². The number of hydrogen-bond acceptors (Lipinski definition) is 4. The van der Waals surface area contributed by atoms with Crippen molar-refractivity contribution in [1.82, 2.24) is 19.7 Å². The third kappa shape index (κ3) is 3.08. The molecule has 0 amide bonds. The summed E-state index contributed by atoms with van der Waals surface area (Å²) in [6.07, 6.45) is 0. The van der Waals surface area contributed by atoms with Gasteiger partial charge >= 0.3 is 0 Å². The summed E-state index contributed by atoms with van der Waals surface area (Å²) in [6.45, 7) is 5.81. The van der Waals surface area contributed by atoms with Crippen molar-refractivity contribution in [3.8, 4) is 5.69 Å². The average molecular weight is 370 g/mol. The van der Waals surface area contributed by atoms with E-state index in [0.29, 0.717) is 0 Å². The smallest absolute Gasteiger partial charge is 0.165 e. The van der Waals surface area contributed by atoms with Crippen LogP contribution in [0, 0.1) is 13.8 Å². The monoisotopic (exact) mass is 369 g/mol. The molecule has 2 heterocycles. The summed E-state index contributed by atoms with van der Waals surface area (Å²) in [6, 6.07) is 14.9. The molecule has 0 saturated carbocycles. The van der Waals surface area contributed by atoms with Crippen molar-refractivity contribution in [3.05, 3.63) is 65.2 Å². The standard InChI is InChI=1S/C20H23N5.ClH/c1-14-8-7-11-16(15(14)2)24-13-20-21-19(12-23(3)4)22-25(20)18-10-6-5-9-17(18)24;/h5-11H,12-13H2,1-4H3;1H. The topological polar surface area (TPSA) is 37.2 Å². The van der Waals surface area contributed by atoms with Crippen molar-refractivity contribution in [1.29, 1.82) is 0 Å². The minimum Gasteiger partial charge on any atom is -0.332 e. The highest BCUT2D eigenvalue weighted by Gasteiger charge is 2.26. The van der Waals surface area contributed by atoms with Crippen LogP contribution in [0.2, 0.25) is 0 Å². The normalized spacial score (nSPS) is 12.6. The summed E-state index contributed by atoms with van der Waals surface area (Å²) < 4.78 is 2.00. The molecule has 3 aromatic rings. The van der Waals surface area contributed by atoms with Crippen LogP contribution < -0.4 is 4.90 Å². The lowest BCUT2D eigenvalue weighted by Crippen LogP contribution is -2.26. The van der Waals surface area contributed by atoms with Gasteiger partial charge in [-0.15, -0.1) is 17.5 Å². The zero-order valence-corrected chi connectivity index (χ0v) is 16.4. The molecule has 0 bridgehead atoms. The van der Waals surface area contributed by atoms with Crippen LogP contribution in [0.5, 0.6) is 0 Å². The molecular formula is C20H24ClN5. The van der Waals surface area contributed by atoms with E-state index in [2.05, 4.69) is 66.1 Å². The summed E-state index contributed by atoms with van der Waals surface area (Å²) in [4.78, 5) is 9.23. The van der Waals surface area contributed by atoms with Gasteiger partial charge in [-0.25, -0.2) is 9.67 Å². The van der Waals surface area contributed by atoms with Crippen LogP contribution in [0.25, 0.3) is 5.69 Å². The zero-order chi connectivity index (χ0) is 17.6. The van der Waals surface area contributed by atoms with E-state index in [1.54, 1.807) is 0 Å². The number of rotatable bonds is 3. The molecule has 6 heteroatoms. The van der Waals surface area contributed by atoms with Gasteiger partial charge in [0.2, 0.25) is 0 Å². The van der Waals surface area contributed by atoms with Crippen LogP contribution in [0.4, 0.5) is 11.4 Å². The van der Waals surface area contributed by atoms with Crippen LogP contribution in [-0.2, 0) is 13.1 Å². The van der Waals surface area contributed by atoms with Gasteiger partial charge in [-0.2, -0.15) is 0 Å². The molecular weight excluding hydrogens is 346 g/mol. The Morgan fingerprint density at radius 3 is 2.38 bits per heavy atom. The van der Waals surface area contributed by atoms with Crippen LogP contribution in [0.15, 0.2) is 42.5 Å². The quantitative estimate of drug-likeness (QED) is 0.698. The molecule has 0 radical (unpaired) electrons. The molecule has 0 fully saturated rings. The summed E-state index contributed by atoms with van der Waals surface area (Å²) in [7, 11) is 4.08. The predicted octanol–water partition coefficient (Wildman–Crippen LogP) is 4.02. The number of hydrogen-bond donors (Lipinski definition) is 0. The molecule has 0 saturated heterocycles. The van der Waals surface area contributed by atoms with E-state index in [9.17, 15) is 0 Å². The minimum absolute atomic E-state index is 0. The summed E-state index contributed by atoms with van der Waals surface area (Å²) >= 11 is 0. The van der Waals surface area contributed by atoms with Gasteiger partial charge < -0.3 is 9.80 Å². The van der Waals surface area contributed by atoms with Gasteiger partial charge in [-0.05, 0) is 57.3 Å². The Balaban J connectivity index is 0.00000196. The second-order valence-electron chi connectivity index (χ2n) is 6.89. The van der Waals surface area contributed by atoms with Crippen molar-refractivity contribution in [2.75, 3.05) is 19.0 Å². The fourth-order valence-electron chi connectivity index (χ4n) is 3.38. The van der Waals surface area contributed by atoms with Gasteiger partial charge in [-0.3, -0.25) is 0 Å². The van der Waals surface area contributed by atoms with Crippen molar-refractivity contribution in [2.24, 2.45) is 0 Å². The Labute approximate surface area is 160 Å². The van der Waals surface area contributed by atoms with Crippen LogP contribution in [0.3, 0.4) is 0 Å². The number of para-hydroxylation sites is 2. The molecule has 1 aliphatic heterocycles. The molecule has 26 heavy (non-hydrogen) atoms. The maximum absolute atomic E-state index is 4.79. The van der Waals surface area contributed by atoms with E-state index in [1.807, 2.05) is 18.8 Å².